The van der Waals surface area contributed by atoms with Gasteiger partial charge < -0.3 is 4.74 Å². The molecule has 1 amide bonds. The zero-order valence-corrected chi connectivity index (χ0v) is 19.8. The Bertz CT molecular complexity index is 1400. The van der Waals surface area contributed by atoms with Gasteiger partial charge in [0, 0.05) is 23.7 Å². The third-order valence-corrected chi connectivity index (χ3v) is 7.97. The highest BCUT2D eigenvalue weighted by atomic mass is 32.2. The zero-order valence-electron chi connectivity index (χ0n) is 19.0. The van der Waals surface area contributed by atoms with Gasteiger partial charge in [-0.25, -0.2) is 13.4 Å². The SMILES string of the molecule is O=C1CN(c2c(OCc3ccccc3)ccc(-c3cc(C4CC4)n(CC4CC4)n3)c2F)S(=O)(=O)N1. The van der Waals surface area contributed by atoms with Crippen molar-refractivity contribution in [3.63, 3.8) is 0 Å². The van der Waals surface area contributed by atoms with Gasteiger partial charge in [0.1, 0.15) is 24.6 Å². The van der Waals surface area contributed by atoms with E-state index in [-0.39, 0.29) is 23.6 Å². The maximum atomic E-state index is 16.1. The highest BCUT2D eigenvalue weighted by Crippen LogP contribution is 2.44. The fraction of sp³-hybridized carbons (Fsp3) is 0.360. The predicted molar refractivity (Wildman–Crippen MR) is 128 cm³/mol. The minimum atomic E-state index is -4.24. The van der Waals surface area contributed by atoms with Crippen LogP contribution >= 0.6 is 0 Å². The second-order valence-corrected chi connectivity index (χ2v) is 11.0. The summed E-state index contributed by atoms with van der Waals surface area (Å²) in [6.07, 6.45) is 4.55. The second kappa shape index (κ2) is 8.37. The number of benzene rings is 2. The number of amides is 1. The van der Waals surface area contributed by atoms with E-state index in [0.29, 0.717) is 17.5 Å². The smallest absolute Gasteiger partial charge is 0.326 e. The highest BCUT2D eigenvalue weighted by molar-refractivity contribution is 7.92. The van der Waals surface area contributed by atoms with Crippen LogP contribution in [0.2, 0.25) is 0 Å². The van der Waals surface area contributed by atoms with E-state index in [4.69, 9.17) is 9.84 Å². The summed E-state index contributed by atoms with van der Waals surface area (Å²) in [5, 5.41) is 4.71. The number of hydrogen-bond acceptors (Lipinski definition) is 5. The number of carbonyl (C=O) groups excluding carboxylic acids is 1. The molecule has 8 nitrogen and oxygen atoms in total. The van der Waals surface area contributed by atoms with Crippen molar-refractivity contribution in [1.29, 1.82) is 0 Å². The molecule has 35 heavy (non-hydrogen) atoms. The molecule has 1 aliphatic heterocycles. The van der Waals surface area contributed by atoms with Crippen molar-refractivity contribution in [2.24, 2.45) is 5.92 Å². The molecule has 3 aliphatic rings. The molecule has 10 heteroatoms. The van der Waals surface area contributed by atoms with Gasteiger partial charge in [-0.15, -0.1) is 0 Å². The van der Waals surface area contributed by atoms with Crippen molar-refractivity contribution in [3.8, 4) is 17.0 Å². The highest BCUT2D eigenvalue weighted by Gasteiger charge is 2.39. The third kappa shape index (κ3) is 4.38. The molecule has 2 heterocycles. The van der Waals surface area contributed by atoms with Gasteiger partial charge in [0.15, 0.2) is 5.82 Å². The minimum Gasteiger partial charge on any atom is -0.487 e. The summed E-state index contributed by atoms with van der Waals surface area (Å²) < 4.78 is 51.9. The first-order valence-electron chi connectivity index (χ1n) is 11.8. The van der Waals surface area contributed by atoms with E-state index in [9.17, 15) is 13.2 Å². The number of nitrogens with zero attached hydrogens (tertiary/aromatic N) is 3. The van der Waals surface area contributed by atoms with E-state index in [0.717, 1.165) is 34.9 Å². The average molecular weight is 497 g/mol. The van der Waals surface area contributed by atoms with Crippen LogP contribution in [-0.2, 0) is 28.2 Å². The van der Waals surface area contributed by atoms with E-state index in [1.54, 1.807) is 12.1 Å². The van der Waals surface area contributed by atoms with Crippen LogP contribution in [-0.4, -0.2) is 30.7 Å². The Morgan fingerprint density at radius 1 is 1.09 bits per heavy atom. The fourth-order valence-electron chi connectivity index (χ4n) is 4.44. The van der Waals surface area contributed by atoms with Crippen LogP contribution in [0.4, 0.5) is 10.1 Å². The van der Waals surface area contributed by atoms with Crippen LogP contribution in [0.15, 0.2) is 48.5 Å². The standard InChI is InChI=1S/C25H25FN4O4S/c26-24-19(20-12-21(18-8-9-18)29(27-20)13-16-6-7-16)10-11-22(34-15-17-4-2-1-3-5-17)25(24)30-14-23(31)28-35(30,32)33/h1-5,10-12,16,18H,6-9,13-15H2,(H,28,31). The molecule has 0 radical (unpaired) electrons. The van der Waals surface area contributed by atoms with Gasteiger partial charge in [-0.3, -0.25) is 9.48 Å². The molecule has 1 N–H and O–H groups in total. The molecular weight excluding hydrogens is 471 g/mol. The molecule has 0 spiro atoms. The summed E-state index contributed by atoms with van der Waals surface area (Å²) in [7, 11) is -4.24. The van der Waals surface area contributed by atoms with E-state index in [1.807, 2.05) is 45.8 Å². The topological polar surface area (TPSA) is 93.5 Å². The Labute approximate surface area is 202 Å². The first-order valence-corrected chi connectivity index (χ1v) is 13.2. The van der Waals surface area contributed by atoms with Crippen molar-refractivity contribution in [3.05, 3.63) is 65.6 Å². The van der Waals surface area contributed by atoms with Crippen molar-refractivity contribution in [1.82, 2.24) is 14.5 Å². The van der Waals surface area contributed by atoms with E-state index in [1.165, 1.54) is 12.8 Å². The lowest BCUT2D eigenvalue weighted by molar-refractivity contribution is -0.117. The molecule has 2 aromatic carbocycles. The van der Waals surface area contributed by atoms with Crippen LogP contribution in [0.3, 0.4) is 0 Å². The van der Waals surface area contributed by atoms with Gasteiger partial charge in [-0.1, -0.05) is 30.3 Å². The van der Waals surface area contributed by atoms with Crippen LogP contribution < -0.4 is 13.8 Å². The number of ether oxygens (including phenoxy) is 1. The number of aromatic nitrogens is 2. The Morgan fingerprint density at radius 3 is 2.51 bits per heavy atom. The summed E-state index contributed by atoms with van der Waals surface area (Å²) >= 11 is 0. The molecule has 2 aliphatic carbocycles. The molecule has 0 bridgehead atoms. The summed E-state index contributed by atoms with van der Waals surface area (Å²) in [4.78, 5) is 11.9. The molecule has 0 unspecified atom stereocenters. The second-order valence-electron chi connectivity index (χ2n) is 9.44. The van der Waals surface area contributed by atoms with Crippen LogP contribution in [0.5, 0.6) is 5.75 Å². The van der Waals surface area contributed by atoms with E-state index < -0.39 is 28.5 Å². The lowest BCUT2D eigenvalue weighted by Crippen LogP contribution is -2.30. The summed E-state index contributed by atoms with van der Waals surface area (Å²) in [6, 6.07) is 14.3. The molecule has 2 saturated carbocycles. The summed E-state index contributed by atoms with van der Waals surface area (Å²) in [6.45, 7) is 0.412. The molecule has 1 aromatic heterocycles. The van der Waals surface area contributed by atoms with Crippen molar-refractivity contribution in [2.75, 3.05) is 10.8 Å². The van der Waals surface area contributed by atoms with Crippen LogP contribution in [0.25, 0.3) is 11.3 Å². The van der Waals surface area contributed by atoms with Gasteiger partial charge >= 0.3 is 10.2 Å². The average Bonchev–Trinajstić information content (AvgIpc) is 3.75. The first kappa shape index (κ1) is 22.1. The molecule has 0 atom stereocenters. The first-order chi connectivity index (χ1) is 16.9. The van der Waals surface area contributed by atoms with E-state index in [2.05, 4.69) is 0 Å². The Hall–Kier alpha value is -3.40. The molecule has 182 valence electrons. The van der Waals surface area contributed by atoms with Crippen molar-refractivity contribution >= 4 is 21.8 Å². The summed E-state index contributed by atoms with van der Waals surface area (Å²) in [5.74, 6) is -0.425. The van der Waals surface area contributed by atoms with Crippen molar-refractivity contribution < 1.29 is 22.3 Å². The van der Waals surface area contributed by atoms with Crippen LogP contribution in [0.1, 0.15) is 42.9 Å². The lowest BCUT2D eigenvalue weighted by atomic mass is 10.1. The number of nitrogens with one attached hydrogen (secondary N) is 1. The summed E-state index contributed by atoms with van der Waals surface area (Å²) in [5.41, 5.74) is 2.29. The predicted octanol–water partition coefficient (Wildman–Crippen LogP) is 3.74. The van der Waals surface area contributed by atoms with Crippen LogP contribution in [0, 0.1) is 11.7 Å². The molecule has 3 aromatic rings. The monoisotopic (exact) mass is 496 g/mol. The maximum absolute atomic E-state index is 16.1. The minimum absolute atomic E-state index is 0.0370. The largest absolute Gasteiger partial charge is 0.487 e. The Balaban J connectivity index is 1.41. The lowest BCUT2D eigenvalue weighted by Gasteiger charge is -2.21. The zero-order chi connectivity index (χ0) is 24.2. The molecular formula is C25H25FN4O4S. The molecule has 6 rings (SSSR count). The number of anilines is 1. The van der Waals surface area contributed by atoms with Gasteiger partial charge in [-0.05, 0) is 55.4 Å². The van der Waals surface area contributed by atoms with E-state index >= 15 is 4.39 Å². The van der Waals surface area contributed by atoms with Gasteiger partial charge in [-0.2, -0.15) is 13.5 Å². The molecule has 3 fully saturated rings. The number of hydrogen-bond donors (Lipinski definition) is 1. The normalized spacial score (nSPS) is 19.1. The third-order valence-electron chi connectivity index (χ3n) is 6.60. The van der Waals surface area contributed by atoms with Gasteiger partial charge in [0.2, 0.25) is 0 Å². The van der Waals surface area contributed by atoms with Gasteiger partial charge in [0.05, 0.1) is 5.69 Å². The Kier molecular flexibility index (Phi) is 5.28. The van der Waals surface area contributed by atoms with Crippen molar-refractivity contribution in [2.45, 2.75) is 44.8 Å². The molecule has 1 saturated heterocycles. The number of halogens is 1. The number of carbonyl (C=O) groups is 1. The fourth-order valence-corrected chi connectivity index (χ4v) is 5.60. The quantitative estimate of drug-likeness (QED) is 0.513. The Morgan fingerprint density at radius 2 is 1.86 bits per heavy atom. The maximum Gasteiger partial charge on any atom is 0.326 e. The van der Waals surface area contributed by atoms with Gasteiger partial charge in [0.25, 0.3) is 5.91 Å². The number of rotatable bonds is 8.